The van der Waals surface area contributed by atoms with E-state index >= 15 is 0 Å². The van der Waals surface area contributed by atoms with Crippen LogP contribution < -0.4 is 10.6 Å². The number of halogens is 1. The zero-order valence-corrected chi connectivity index (χ0v) is 17.6. The molecule has 1 fully saturated rings. The third-order valence-electron chi connectivity index (χ3n) is 5.19. The number of anilines is 1. The van der Waals surface area contributed by atoms with E-state index in [0.29, 0.717) is 35.3 Å². The van der Waals surface area contributed by atoms with Gasteiger partial charge in [-0.25, -0.2) is 9.97 Å². The minimum Gasteiger partial charge on any atom is -0.397 e. The van der Waals surface area contributed by atoms with Gasteiger partial charge >= 0.3 is 0 Å². The highest BCUT2D eigenvalue weighted by Crippen LogP contribution is 2.36. The van der Waals surface area contributed by atoms with Crippen LogP contribution in [0.1, 0.15) is 18.3 Å². The minimum atomic E-state index is 0.178. The summed E-state index contributed by atoms with van der Waals surface area (Å²) in [6, 6.07) is 8.04. The van der Waals surface area contributed by atoms with Crippen LogP contribution in [-0.4, -0.2) is 47.0 Å². The summed E-state index contributed by atoms with van der Waals surface area (Å²) in [5, 5.41) is 8.68. The molecule has 8 heteroatoms. The summed E-state index contributed by atoms with van der Waals surface area (Å²) in [4.78, 5) is 16.0. The lowest BCUT2D eigenvalue weighted by Crippen LogP contribution is -2.44. The van der Waals surface area contributed by atoms with Gasteiger partial charge in [0.1, 0.15) is 22.2 Å². The van der Waals surface area contributed by atoms with Gasteiger partial charge in [0.15, 0.2) is 0 Å². The molecule has 0 bridgehead atoms. The largest absolute Gasteiger partial charge is 0.397 e. The van der Waals surface area contributed by atoms with Crippen molar-refractivity contribution < 1.29 is 4.74 Å². The van der Waals surface area contributed by atoms with Crippen LogP contribution >= 0.6 is 11.6 Å². The molecule has 0 aliphatic carbocycles. The minimum absolute atomic E-state index is 0.178. The number of morpholine rings is 1. The average Bonchev–Trinajstić information content (AvgIpc) is 2.73. The van der Waals surface area contributed by atoms with E-state index in [1.54, 1.807) is 6.20 Å². The van der Waals surface area contributed by atoms with Gasteiger partial charge in [0, 0.05) is 35.6 Å². The third kappa shape index (κ3) is 3.74. The first-order chi connectivity index (χ1) is 14.5. The number of hydrogen-bond acceptors (Lipinski definition) is 7. The monoisotopic (exact) mass is 422 g/mol. The highest BCUT2D eigenvalue weighted by Gasteiger charge is 2.23. The van der Waals surface area contributed by atoms with Crippen molar-refractivity contribution in [3.8, 4) is 11.1 Å². The molecular weight excluding hydrogens is 400 g/mol. The number of allylic oxidation sites excluding steroid dienone is 1. The molecule has 30 heavy (non-hydrogen) atoms. The Morgan fingerprint density at radius 2 is 2.13 bits per heavy atom. The number of nitrogens with two attached hydrogens (primary N) is 1. The Balaban J connectivity index is 2.02. The molecule has 4 heterocycles. The van der Waals surface area contributed by atoms with Crippen LogP contribution in [0, 0.1) is 12.3 Å². The molecule has 1 unspecified atom stereocenters. The number of rotatable bonds is 4. The highest BCUT2D eigenvalue weighted by atomic mass is 35.5. The van der Waals surface area contributed by atoms with E-state index in [2.05, 4.69) is 21.8 Å². The lowest BCUT2D eigenvalue weighted by atomic mass is 10.0. The Kier molecular flexibility index (Phi) is 5.65. The standard InChI is InChI=1S/C22H23ClN6O/c1-13-3-4-16(22(23)27-13)17-11-19(29-9-10-30-12-14(29)2)28-20-15(17)6-8-26-21(20)18(25)5-7-24/h3-8,11,14,24H,9-10,12,25H2,1-2H3/b18-5-,24-7?. The van der Waals surface area contributed by atoms with Crippen molar-refractivity contribution in [1.82, 2.24) is 15.0 Å². The summed E-state index contributed by atoms with van der Waals surface area (Å²) in [5.74, 6) is 0.807. The highest BCUT2D eigenvalue weighted by molar-refractivity contribution is 6.32. The zero-order valence-electron chi connectivity index (χ0n) is 16.9. The molecule has 0 spiro atoms. The molecule has 1 atom stereocenters. The number of pyridine rings is 3. The van der Waals surface area contributed by atoms with Crippen molar-refractivity contribution in [2.45, 2.75) is 19.9 Å². The molecule has 0 radical (unpaired) electrons. The van der Waals surface area contributed by atoms with Gasteiger partial charge in [-0.15, -0.1) is 0 Å². The van der Waals surface area contributed by atoms with Crippen molar-refractivity contribution >= 4 is 40.2 Å². The van der Waals surface area contributed by atoms with Crippen LogP contribution in [0.25, 0.3) is 27.7 Å². The summed E-state index contributed by atoms with van der Waals surface area (Å²) < 4.78 is 5.60. The molecule has 1 saturated heterocycles. The van der Waals surface area contributed by atoms with E-state index in [1.165, 1.54) is 6.08 Å². The van der Waals surface area contributed by atoms with Crippen LogP contribution in [0.2, 0.25) is 5.15 Å². The quantitative estimate of drug-likeness (QED) is 0.489. The third-order valence-corrected chi connectivity index (χ3v) is 5.48. The normalized spacial score (nSPS) is 17.4. The molecule has 3 aromatic rings. The Hall–Kier alpha value is -3.03. The van der Waals surface area contributed by atoms with Crippen LogP contribution in [0.15, 0.2) is 36.5 Å². The lowest BCUT2D eigenvalue weighted by molar-refractivity contribution is 0.0986. The molecule has 0 amide bonds. The van der Waals surface area contributed by atoms with Crippen LogP contribution in [0.4, 0.5) is 5.82 Å². The van der Waals surface area contributed by atoms with E-state index in [1.807, 2.05) is 31.2 Å². The van der Waals surface area contributed by atoms with Gasteiger partial charge in [0.25, 0.3) is 0 Å². The first-order valence-electron chi connectivity index (χ1n) is 9.74. The number of aromatic nitrogens is 3. The number of ether oxygens (including phenoxy) is 1. The predicted octanol–water partition coefficient (Wildman–Crippen LogP) is 3.83. The van der Waals surface area contributed by atoms with E-state index in [0.717, 1.165) is 40.8 Å². The second kappa shape index (κ2) is 8.38. The zero-order chi connectivity index (χ0) is 21.3. The molecule has 0 saturated carbocycles. The number of nitrogens with zero attached hydrogens (tertiary/aromatic N) is 4. The SMILES string of the molecule is Cc1ccc(-c2cc(N3CCOCC3C)nc3c(/C(N)=C/C=N)nccc23)c(Cl)n1. The van der Waals surface area contributed by atoms with E-state index < -0.39 is 0 Å². The van der Waals surface area contributed by atoms with Crippen LogP contribution in [0.5, 0.6) is 0 Å². The maximum atomic E-state index is 7.37. The first kappa shape index (κ1) is 20.3. The van der Waals surface area contributed by atoms with Crippen molar-refractivity contribution in [1.29, 1.82) is 5.41 Å². The summed E-state index contributed by atoms with van der Waals surface area (Å²) in [6.07, 6.45) is 4.35. The van der Waals surface area contributed by atoms with Crippen LogP contribution in [-0.2, 0) is 4.74 Å². The predicted molar refractivity (Wildman–Crippen MR) is 121 cm³/mol. The number of hydrogen-bond donors (Lipinski definition) is 2. The maximum Gasteiger partial charge on any atom is 0.137 e. The van der Waals surface area contributed by atoms with Gasteiger partial charge in [-0.1, -0.05) is 11.6 Å². The van der Waals surface area contributed by atoms with Gasteiger partial charge < -0.3 is 20.8 Å². The van der Waals surface area contributed by atoms with Crippen molar-refractivity contribution in [2.75, 3.05) is 24.7 Å². The summed E-state index contributed by atoms with van der Waals surface area (Å²) >= 11 is 6.54. The average molecular weight is 423 g/mol. The Labute approximate surface area is 180 Å². The van der Waals surface area contributed by atoms with E-state index in [4.69, 9.17) is 32.5 Å². The molecule has 0 aromatic carbocycles. The van der Waals surface area contributed by atoms with Gasteiger partial charge in [-0.2, -0.15) is 0 Å². The number of nitrogens with one attached hydrogen (secondary N) is 1. The fourth-order valence-corrected chi connectivity index (χ4v) is 3.98. The van der Waals surface area contributed by atoms with Crippen molar-refractivity contribution in [3.63, 3.8) is 0 Å². The van der Waals surface area contributed by atoms with Gasteiger partial charge in [0.05, 0.1) is 25.0 Å². The molecule has 3 N–H and O–H groups in total. The summed E-state index contributed by atoms with van der Waals surface area (Å²) in [6.45, 7) is 6.03. The summed E-state index contributed by atoms with van der Waals surface area (Å²) in [7, 11) is 0. The number of aryl methyl sites for hydroxylation is 1. The fourth-order valence-electron chi connectivity index (χ4n) is 3.68. The Bertz CT molecular complexity index is 1150. The van der Waals surface area contributed by atoms with Crippen molar-refractivity contribution in [3.05, 3.63) is 53.1 Å². The first-order valence-corrected chi connectivity index (χ1v) is 10.1. The molecule has 1 aliphatic rings. The van der Waals surface area contributed by atoms with Gasteiger partial charge in [-0.05, 0) is 49.8 Å². The molecule has 4 rings (SSSR count). The molecule has 154 valence electrons. The molecule has 7 nitrogen and oxygen atoms in total. The smallest absolute Gasteiger partial charge is 0.137 e. The van der Waals surface area contributed by atoms with Gasteiger partial charge in [0.2, 0.25) is 0 Å². The van der Waals surface area contributed by atoms with E-state index in [-0.39, 0.29) is 6.04 Å². The Morgan fingerprint density at radius 3 is 2.87 bits per heavy atom. The lowest BCUT2D eigenvalue weighted by Gasteiger charge is -2.34. The maximum absolute atomic E-state index is 7.37. The fraction of sp³-hybridized carbons (Fsp3) is 0.273. The number of fused-ring (bicyclic) bond motifs is 1. The molecule has 1 aliphatic heterocycles. The van der Waals surface area contributed by atoms with Gasteiger partial charge in [-0.3, -0.25) is 4.98 Å². The second-order valence-corrected chi connectivity index (χ2v) is 7.64. The van der Waals surface area contributed by atoms with Crippen LogP contribution in [0.3, 0.4) is 0 Å². The van der Waals surface area contributed by atoms with Crippen molar-refractivity contribution in [2.24, 2.45) is 5.73 Å². The second-order valence-electron chi connectivity index (χ2n) is 7.28. The molecule has 3 aromatic heterocycles. The molecular formula is C22H23ClN6O. The van der Waals surface area contributed by atoms with E-state index in [9.17, 15) is 0 Å². The topological polar surface area (TPSA) is 101 Å². The summed E-state index contributed by atoms with van der Waals surface area (Å²) in [5.41, 5.74) is 10.4. The Morgan fingerprint density at radius 1 is 1.30 bits per heavy atom.